The van der Waals surface area contributed by atoms with Gasteiger partial charge in [-0.15, -0.1) is 0 Å². The van der Waals surface area contributed by atoms with Gasteiger partial charge in [-0.25, -0.2) is 4.39 Å². The van der Waals surface area contributed by atoms with Gasteiger partial charge in [-0.1, -0.05) is 60.1 Å². The first-order valence-electron chi connectivity index (χ1n) is 12.2. The van der Waals surface area contributed by atoms with Crippen molar-refractivity contribution >= 4 is 58.2 Å². The zero-order chi connectivity index (χ0) is 28.2. The van der Waals surface area contributed by atoms with Crippen LogP contribution in [0.3, 0.4) is 0 Å². The molecule has 1 heterocycles. The second-order valence-corrected chi connectivity index (χ2v) is 9.46. The molecule has 1 saturated heterocycles. The molecule has 4 aromatic rings. The minimum Gasteiger partial charge on any atom is -0.493 e. The Kier molecular flexibility index (Phi) is 7.91. The van der Waals surface area contributed by atoms with E-state index >= 15 is 0 Å². The predicted octanol–water partition coefficient (Wildman–Crippen LogP) is 6.82. The average Bonchev–Trinajstić information content (AvgIpc) is 2.96. The number of carbonyl (C=O) groups excluding carboxylic acids is 2. The molecule has 0 unspecified atom stereocenters. The summed E-state index contributed by atoms with van der Waals surface area (Å²) in [6.07, 6.45) is 1.48. The Morgan fingerprint density at radius 2 is 1.43 bits per heavy atom. The lowest BCUT2D eigenvalue weighted by molar-refractivity contribution is -0.120. The largest absolute Gasteiger partial charge is 0.493 e. The summed E-state index contributed by atoms with van der Waals surface area (Å²) in [5.74, 6) is -0.925. The quantitative estimate of drug-likeness (QED) is 0.138. The van der Waals surface area contributed by atoms with Crippen LogP contribution in [0.2, 0.25) is 5.02 Å². The van der Waals surface area contributed by atoms with Gasteiger partial charge < -0.3 is 9.47 Å². The molecule has 40 heavy (non-hydrogen) atoms. The van der Waals surface area contributed by atoms with Crippen LogP contribution in [0.25, 0.3) is 6.08 Å². The van der Waals surface area contributed by atoms with Crippen LogP contribution < -0.4 is 19.3 Å². The maximum atomic E-state index is 14.2. The number of hydrogen-bond acceptors (Lipinski definition) is 5. The van der Waals surface area contributed by atoms with Crippen LogP contribution in [0.1, 0.15) is 11.1 Å². The summed E-state index contributed by atoms with van der Waals surface area (Å²) in [4.78, 5) is 30.1. The van der Waals surface area contributed by atoms with Crippen molar-refractivity contribution in [1.82, 2.24) is 0 Å². The highest BCUT2D eigenvalue weighted by molar-refractivity contribution is 7.81. The van der Waals surface area contributed by atoms with Crippen molar-refractivity contribution < 1.29 is 23.5 Å². The van der Waals surface area contributed by atoms with Crippen molar-refractivity contribution in [2.24, 2.45) is 0 Å². The molecule has 0 atom stereocenters. The molecule has 1 fully saturated rings. The van der Waals surface area contributed by atoms with Gasteiger partial charge in [0.25, 0.3) is 11.8 Å². The molecule has 0 saturated carbocycles. The molecule has 200 valence electrons. The van der Waals surface area contributed by atoms with Crippen LogP contribution in [0.5, 0.6) is 11.5 Å². The number of amides is 2. The number of benzene rings is 4. The number of ether oxygens (including phenoxy) is 2. The van der Waals surface area contributed by atoms with E-state index in [4.69, 9.17) is 33.3 Å². The molecule has 6 nitrogen and oxygen atoms in total. The van der Waals surface area contributed by atoms with Gasteiger partial charge >= 0.3 is 0 Å². The molecule has 1 aliphatic rings. The summed E-state index contributed by atoms with van der Waals surface area (Å²) < 4.78 is 25.5. The number of methoxy groups -OCH3 is 1. The lowest BCUT2D eigenvalue weighted by atomic mass is 10.0. The Morgan fingerprint density at radius 3 is 1.98 bits per heavy atom. The summed E-state index contributed by atoms with van der Waals surface area (Å²) in [6, 6.07) is 27.1. The molecular weight excluding hydrogens is 551 g/mol. The van der Waals surface area contributed by atoms with Gasteiger partial charge in [0.1, 0.15) is 18.0 Å². The van der Waals surface area contributed by atoms with Gasteiger partial charge in [-0.3, -0.25) is 19.4 Å². The van der Waals surface area contributed by atoms with E-state index in [1.165, 1.54) is 35.1 Å². The van der Waals surface area contributed by atoms with Crippen LogP contribution >= 0.6 is 23.8 Å². The number of para-hydroxylation sites is 2. The summed E-state index contributed by atoms with van der Waals surface area (Å²) in [7, 11) is 1.46. The summed E-state index contributed by atoms with van der Waals surface area (Å²) in [5, 5.41) is 0.302. The van der Waals surface area contributed by atoms with E-state index in [2.05, 4.69) is 0 Å². The molecule has 0 bridgehead atoms. The van der Waals surface area contributed by atoms with E-state index in [0.717, 1.165) is 0 Å². The van der Waals surface area contributed by atoms with Crippen molar-refractivity contribution in [2.45, 2.75) is 6.61 Å². The van der Waals surface area contributed by atoms with Gasteiger partial charge in [-0.05, 0) is 72.4 Å². The normalized spacial score (nSPS) is 13.5. The molecular formula is C31H22ClFN2O4S. The highest BCUT2D eigenvalue weighted by atomic mass is 35.5. The van der Waals surface area contributed by atoms with Crippen LogP contribution in [-0.4, -0.2) is 24.0 Å². The molecule has 1 aliphatic heterocycles. The third kappa shape index (κ3) is 5.32. The fourth-order valence-electron chi connectivity index (χ4n) is 4.22. The zero-order valence-electron chi connectivity index (χ0n) is 21.2. The third-order valence-electron chi connectivity index (χ3n) is 6.21. The fraction of sp³-hybridized carbons (Fsp3) is 0.0645. The fourth-order valence-corrected chi connectivity index (χ4v) is 4.81. The van der Waals surface area contributed by atoms with Gasteiger partial charge in [0.2, 0.25) is 0 Å². The van der Waals surface area contributed by atoms with Crippen molar-refractivity contribution in [3.8, 4) is 11.5 Å². The maximum Gasteiger partial charge on any atom is 0.270 e. The monoisotopic (exact) mass is 572 g/mol. The molecule has 0 radical (unpaired) electrons. The minimum absolute atomic E-state index is 0.0534. The van der Waals surface area contributed by atoms with Gasteiger partial charge in [-0.2, -0.15) is 0 Å². The van der Waals surface area contributed by atoms with E-state index in [1.54, 1.807) is 72.8 Å². The third-order valence-corrected chi connectivity index (χ3v) is 6.93. The molecule has 0 spiro atoms. The zero-order valence-corrected chi connectivity index (χ0v) is 22.8. The molecule has 5 rings (SSSR count). The average molecular weight is 573 g/mol. The van der Waals surface area contributed by atoms with Crippen LogP contribution in [-0.2, 0) is 16.2 Å². The Hall–Kier alpha value is -4.53. The predicted molar refractivity (Wildman–Crippen MR) is 157 cm³/mol. The lowest BCUT2D eigenvalue weighted by Gasteiger charge is -2.36. The molecule has 0 N–H and O–H groups in total. The molecule has 0 aromatic heterocycles. The second kappa shape index (κ2) is 11.7. The number of hydrogen-bond donors (Lipinski definition) is 0. The van der Waals surface area contributed by atoms with Crippen LogP contribution in [0.4, 0.5) is 15.8 Å². The first kappa shape index (κ1) is 27.1. The number of carbonyl (C=O) groups is 2. The number of halogens is 2. The molecule has 4 aromatic carbocycles. The van der Waals surface area contributed by atoms with Crippen molar-refractivity contribution in [3.63, 3.8) is 0 Å². The van der Waals surface area contributed by atoms with E-state index < -0.39 is 17.6 Å². The number of thiocarbonyl (C=S) groups is 1. The van der Waals surface area contributed by atoms with Gasteiger partial charge in [0, 0.05) is 5.56 Å². The second-order valence-electron chi connectivity index (χ2n) is 8.69. The maximum absolute atomic E-state index is 14.2. The number of nitrogens with zero attached hydrogens (tertiary/aromatic N) is 2. The Balaban J connectivity index is 1.51. The summed E-state index contributed by atoms with van der Waals surface area (Å²) in [5.41, 5.74) is 1.71. The molecule has 9 heteroatoms. The van der Waals surface area contributed by atoms with Crippen molar-refractivity contribution in [2.75, 3.05) is 16.9 Å². The summed E-state index contributed by atoms with van der Waals surface area (Å²) in [6.45, 7) is -0.116. The Bertz CT molecular complexity index is 1550. The lowest BCUT2D eigenvalue weighted by Crippen LogP contribution is -2.56. The molecule has 2 amide bonds. The Morgan fingerprint density at radius 1 is 0.825 bits per heavy atom. The first-order valence-corrected chi connectivity index (χ1v) is 13.0. The van der Waals surface area contributed by atoms with Crippen LogP contribution in [0, 0.1) is 5.82 Å². The Labute approximate surface area is 240 Å². The van der Waals surface area contributed by atoms with Crippen molar-refractivity contribution in [1.29, 1.82) is 0 Å². The number of rotatable bonds is 7. The smallest absolute Gasteiger partial charge is 0.270 e. The van der Waals surface area contributed by atoms with Gasteiger partial charge in [0.15, 0.2) is 16.6 Å². The highest BCUT2D eigenvalue weighted by Gasteiger charge is 2.41. The van der Waals surface area contributed by atoms with E-state index in [-0.39, 0.29) is 27.9 Å². The topological polar surface area (TPSA) is 59.1 Å². The first-order chi connectivity index (χ1) is 19.4. The van der Waals surface area contributed by atoms with Crippen molar-refractivity contribution in [3.05, 3.63) is 125 Å². The molecule has 0 aliphatic carbocycles. The van der Waals surface area contributed by atoms with Gasteiger partial charge in [0.05, 0.1) is 23.5 Å². The van der Waals surface area contributed by atoms with E-state index in [9.17, 15) is 14.0 Å². The number of anilines is 2. The van der Waals surface area contributed by atoms with E-state index in [0.29, 0.717) is 28.4 Å². The van der Waals surface area contributed by atoms with E-state index in [1.807, 2.05) is 12.1 Å². The highest BCUT2D eigenvalue weighted by Crippen LogP contribution is 2.33. The SMILES string of the molecule is COc1cc(C=C2C(=O)N(c3ccccc3)C(=S)N(c3ccccc3)C2=O)ccc1OCc1c(F)cccc1Cl. The summed E-state index contributed by atoms with van der Waals surface area (Å²) >= 11 is 11.8. The minimum atomic E-state index is -0.554. The van der Waals surface area contributed by atoms with Crippen LogP contribution in [0.15, 0.2) is 103 Å². The standard InChI is InChI=1S/C31H22ClFN2O4S/c1-38-28-18-20(15-16-27(28)39-19-24-25(32)13-8-14-26(24)33)17-23-29(36)34(21-9-4-2-5-10-21)31(40)35(30(23)37)22-11-6-3-7-12-22/h2-18H,19H2,1H3.